The molecule has 0 unspecified atom stereocenters. The van der Waals surface area contributed by atoms with Crippen LogP contribution in [0.3, 0.4) is 0 Å². The minimum absolute atomic E-state index is 0.115. The normalized spacial score (nSPS) is 15.4. The number of ether oxygens (including phenoxy) is 1. The predicted octanol–water partition coefficient (Wildman–Crippen LogP) is 3.78. The summed E-state index contributed by atoms with van der Waals surface area (Å²) < 4.78 is 7.47. The number of thioether (sulfide) groups is 1. The molecular weight excluding hydrogens is 370 g/mol. The van der Waals surface area contributed by atoms with E-state index in [1.807, 2.05) is 66.7 Å². The van der Waals surface area contributed by atoms with Crippen LogP contribution >= 0.6 is 11.8 Å². The summed E-state index contributed by atoms with van der Waals surface area (Å²) in [5, 5.41) is 0.498. The quantitative estimate of drug-likeness (QED) is 0.619. The molecular formula is C22H23N3O2S. The summed E-state index contributed by atoms with van der Waals surface area (Å²) >= 11 is 1.51. The van der Waals surface area contributed by atoms with Crippen LogP contribution in [0.5, 0.6) is 0 Å². The van der Waals surface area contributed by atoms with E-state index in [0.29, 0.717) is 26.3 Å². The standard InChI is InChI=1S/C22H23N3O2S/c1-24-19(17-8-4-2-5-9-17)16-23-22(24)28-20(18-10-6-3-7-11-18)21(26)25-12-14-27-15-13-25/h2-11,16,20H,12-15H2,1H3/t20-/m0/s1. The summed E-state index contributed by atoms with van der Waals surface area (Å²) in [5.74, 6) is 0.115. The Balaban J connectivity index is 1.63. The third kappa shape index (κ3) is 3.98. The van der Waals surface area contributed by atoms with Crippen LogP contribution < -0.4 is 0 Å². The van der Waals surface area contributed by atoms with Gasteiger partial charge in [0.05, 0.1) is 25.1 Å². The summed E-state index contributed by atoms with van der Waals surface area (Å²) in [4.78, 5) is 19.8. The number of nitrogens with zero attached hydrogens (tertiary/aromatic N) is 3. The van der Waals surface area contributed by atoms with Crippen LogP contribution in [-0.4, -0.2) is 46.7 Å². The average Bonchev–Trinajstić information content (AvgIpc) is 3.13. The van der Waals surface area contributed by atoms with Crippen LogP contribution in [0.1, 0.15) is 10.8 Å². The average molecular weight is 394 g/mol. The first kappa shape index (κ1) is 18.8. The lowest BCUT2D eigenvalue weighted by molar-refractivity contribution is -0.134. The Hall–Kier alpha value is -2.57. The van der Waals surface area contributed by atoms with E-state index >= 15 is 0 Å². The van der Waals surface area contributed by atoms with Gasteiger partial charge in [-0.25, -0.2) is 4.98 Å². The van der Waals surface area contributed by atoms with Gasteiger partial charge in [0, 0.05) is 20.1 Å². The Morgan fingerprint density at radius 2 is 1.68 bits per heavy atom. The molecule has 0 N–H and O–H groups in total. The molecule has 4 rings (SSSR count). The number of carbonyl (C=O) groups is 1. The Morgan fingerprint density at radius 1 is 1.04 bits per heavy atom. The van der Waals surface area contributed by atoms with Crippen molar-refractivity contribution in [3.8, 4) is 11.3 Å². The summed E-state index contributed by atoms with van der Waals surface area (Å²) in [6.07, 6.45) is 1.87. The number of morpholine rings is 1. The first-order chi connectivity index (χ1) is 13.7. The summed E-state index contributed by atoms with van der Waals surface area (Å²) in [5.41, 5.74) is 3.14. The summed E-state index contributed by atoms with van der Waals surface area (Å²) in [6.45, 7) is 2.47. The maximum absolute atomic E-state index is 13.3. The zero-order chi connectivity index (χ0) is 19.3. The van der Waals surface area contributed by atoms with Crippen molar-refractivity contribution in [2.24, 2.45) is 7.05 Å². The van der Waals surface area contributed by atoms with Gasteiger partial charge < -0.3 is 14.2 Å². The van der Waals surface area contributed by atoms with Gasteiger partial charge >= 0.3 is 0 Å². The number of aromatic nitrogens is 2. The molecule has 28 heavy (non-hydrogen) atoms. The topological polar surface area (TPSA) is 47.4 Å². The van der Waals surface area contributed by atoms with Crippen LogP contribution in [0, 0.1) is 0 Å². The molecule has 1 aliphatic heterocycles. The molecule has 1 saturated heterocycles. The van der Waals surface area contributed by atoms with E-state index in [1.165, 1.54) is 11.8 Å². The molecule has 2 heterocycles. The molecule has 1 fully saturated rings. The number of amides is 1. The van der Waals surface area contributed by atoms with Gasteiger partial charge in [0.25, 0.3) is 0 Å². The lowest BCUT2D eigenvalue weighted by Crippen LogP contribution is -2.42. The number of benzene rings is 2. The van der Waals surface area contributed by atoms with Crippen molar-refractivity contribution in [1.82, 2.24) is 14.5 Å². The molecule has 3 aromatic rings. The lowest BCUT2D eigenvalue weighted by Gasteiger charge is -2.30. The van der Waals surface area contributed by atoms with Crippen molar-refractivity contribution >= 4 is 17.7 Å². The van der Waals surface area contributed by atoms with Crippen LogP contribution in [0.4, 0.5) is 0 Å². The highest BCUT2D eigenvalue weighted by Gasteiger charge is 2.29. The van der Waals surface area contributed by atoms with Crippen LogP contribution in [0.15, 0.2) is 72.0 Å². The zero-order valence-electron chi connectivity index (χ0n) is 15.8. The second-order valence-corrected chi connectivity index (χ2v) is 7.77. The number of carbonyl (C=O) groups excluding carboxylic acids is 1. The largest absolute Gasteiger partial charge is 0.378 e. The zero-order valence-corrected chi connectivity index (χ0v) is 16.6. The molecule has 6 heteroatoms. The Bertz CT molecular complexity index is 921. The van der Waals surface area contributed by atoms with Gasteiger partial charge in [-0.2, -0.15) is 0 Å². The first-order valence-corrected chi connectivity index (χ1v) is 10.3. The molecule has 5 nitrogen and oxygen atoms in total. The Kier molecular flexibility index (Phi) is 5.78. The van der Waals surface area contributed by atoms with Gasteiger partial charge in [-0.05, 0) is 11.1 Å². The van der Waals surface area contributed by atoms with E-state index in [0.717, 1.165) is 22.0 Å². The van der Waals surface area contributed by atoms with Crippen molar-refractivity contribution < 1.29 is 9.53 Å². The van der Waals surface area contributed by atoms with E-state index < -0.39 is 0 Å². The first-order valence-electron chi connectivity index (χ1n) is 9.39. The molecule has 0 saturated carbocycles. The molecule has 0 bridgehead atoms. The van der Waals surface area contributed by atoms with Gasteiger partial charge in [-0.15, -0.1) is 0 Å². The maximum Gasteiger partial charge on any atom is 0.240 e. The summed E-state index contributed by atoms with van der Waals surface area (Å²) in [6, 6.07) is 20.1. The van der Waals surface area contributed by atoms with E-state index in [4.69, 9.17) is 4.74 Å². The Morgan fingerprint density at radius 3 is 2.36 bits per heavy atom. The van der Waals surface area contributed by atoms with Crippen molar-refractivity contribution in [2.45, 2.75) is 10.4 Å². The van der Waals surface area contributed by atoms with Crippen LogP contribution in [0.2, 0.25) is 0 Å². The van der Waals surface area contributed by atoms with Crippen molar-refractivity contribution in [3.63, 3.8) is 0 Å². The number of hydrogen-bond donors (Lipinski definition) is 0. The number of imidazole rings is 1. The van der Waals surface area contributed by atoms with E-state index in [-0.39, 0.29) is 11.2 Å². The molecule has 1 aliphatic rings. The molecule has 0 spiro atoms. The molecule has 1 aromatic heterocycles. The monoisotopic (exact) mass is 393 g/mol. The fraction of sp³-hybridized carbons (Fsp3) is 0.273. The second-order valence-electron chi connectivity index (χ2n) is 6.70. The number of hydrogen-bond acceptors (Lipinski definition) is 4. The van der Waals surface area contributed by atoms with E-state index in [2.05, 4.69) is 21.7 Å². The molecule has 1 atom stereocenters. The summed E-state index contributed by atoms with van der Waals surface area (Å²) in [7, 11) is 2.00. The van der Waals surface area contributed by atoms with Gasteiger partial charge in [-0.3, -0.25) is 4.79 Å². The lowest BCUT2D eigenvalue weighted by atomic mass is 10.1. The highest BCUT2D eigenvalue weighted by atomic mass is 32.2. The number of rotatable bonds is 5. The van der Waals surface area contributed by atoms with E-state index in [9.17, 15) is 4.79 Å². The molecule has 144 valence electrons. The fourth-order valence-corrected chi connectivity index (χ4v) is 4.45. The van der Waals surface area contributed by atoms with Crippen LogP contribution in [0.25, 0.3) is 11.3 Å². The van der Waals surface area contributed by atoms with Gasteiger partial charge in [0.15, 0.2) is 5.16 Å². The van der Waals surface area contributed by atoms with Gasteiger partial charge in [0.2, 0.25) is 5.91 Å². The van der Waals surface area contributed by atoms with Crippen molar-refractivity contribution in [2.75, 3.05) is 26.3 Å². The Labute approximate surface area is 169 Å². The van der Waals surface area contributed by atoms with Crippen molar-refractivity contribution in [1.29, 1.82) is 0 Å². The third-order valence-corrected chi connectivity index (χ3v) is 6.19. The third-order valence-electron chi connectivity index (χ3n) is 4.89. The minimum atomic E-state index is -0.330. The van der Waals surface area contributed by atoms with E-state index in [1.54, 1.807) is 0 Å². The maximum atomic E-state index is 13.3. The second kappa shape index (κ2) is 8.63. The smallest absolute Gasteiger partial charge is 0.240 e. The highest BCUT2D eigenvalue weighted by Crippen LogP contribution is 2.37. The fourth-order valence-electron chi connectivity index (χ4n) is 3.32. The molecule has 0 aliphatic carbocycles. The van der Waals surface area contributed by atoms with Crippen molar-refractivity contribution in [3.05, 3.63) is 72.4 Å². The molecule has 2 aromatic carbocycles. The highest BCUT2D eigenvalue weighted by molar-refractivity contribution is 8.00. The SMILES string of the molecule is Cn1c(-c2ccccc2)cnc1S[C@H](C(=O)N1CCOCC1)c1ccccc1. The van der Waals surface area contributed by atoms with Crippen LogP contribution in [-0.2, 0) is 16.6 Å². The minimum Gasteiger partial charge on any atom is -0.378 e. The molecule has 1 amide bonds. The molecule has 0 radical (unpaired) electrons. The predicted molar refractivity (Wildman–Crippen MR) is 111 cm³/mol. The van der Waals surface area contributed by atoms with Gasteiger partial charge in [0.1, 0.15) is 5.25 Å². The van der Waals surface area contributed by atoms with Gasteiger partial charge in [-0.1, -0.05) is 72.4 Å².